The lowest BCUT2D eigenvalue weighted by molar-refractivity contribution is -0.137. The highest BCUT2D eigenvalue weighted by atomic mass is 19.4. The lowest BCUT2D eigenvalue weighted by Crippen LogP contribution is -2.45. The minimum absolute atomic E-state index is 0.109. The monoisotopic (exact) mass is 594 g/mol. The molecule has 2 aliphatic rings. The van der Waals surface area contributed by atoms with Gasteiger partial charge in [0.05, 0.1) is 17.8 Å². The summed E-state index contributed by atoms with van der Waals surface area (Å²) in [5, 5.41) is 16.7. The first-order chi connectivity index (χ1) is 20.6. The molecule has 1 atom stereocenters. The van der Waals surface area contributed by atoms with Crippen LogP contribution in [0.2, 0.25) is 0 Å². The maximum Gasteiger partial charge on any atom is 0.416 e. The predicted molar refractivity (Wildman–Crippen MR) is 153 cm³/mol. The van der Waals surface area contributed by atoms with Gasteiger partial charge in [-0.15, -0.1) is 0 Å². The van der Waals surface area contributed by atoms with Gasteiger partial charge < -0.3 is 15.7 Å². The van der Waals surface area contributed by atoms with Crippen LogP contribution in [-0.2, 0) is 16.6 Å². The maximum absolute atomic E-state index is 12.9. The number of aromatic nitrogens is 1. The molecule has 43 heavy (non-hydrogen) atoms. The van der Waals surface area contributed by atoms with E-state index in [-0.39, 0.29) is 24.2 Å². The Labute approximate surface area is 247 Å². The molecule has 3 N–H and O–H groups in total. The number of hydrogen-bond acceptors (Lipinski definition) is 6. The number of carbonyl (C=O) groups excluding carboxylic acids is 3. The molecule has 2 amide bonds. The molecule has 1 saturated carbocycles. The molecule has 1 unspecified atom stereocenters. The quantitative estimate of drug-likeness (QED) is 0.335. The van der Waals surface area contributed by atoms with Crippen molar-refractivity contribution >= 4 is 18.1 Å². The Morgan fingerprint density at radius 3 is 2.51 bits per heavy atom. The van der Waals surface area contributed by atoms with E-state index in [1.165, 1.54) is 6.07 Å². The van der Waals surface area contributed by atoms with Gasteiger partial charge in [-0.05, 0) is 61.9 Å². The van der Waals surface area contributed by atoms with E-state index < -0.39 is 29.2 Å². The number of halogens is 3. The fraction of sp³-hybridized carbons (Fsp3) is 0.375. The third-order valence-electron chi connectivity index (χ3n) is 8.38. The van der Waals surface area contributed by atoms with Gasteiger partial charge in [-0.2, -0.15) is 13.2 Å². The number of hydrogen-bond donors (Lipinski definition) is 3. The van der Waals surface area contributed by atoms with Gasteiger partial charge in [-0.25, -0.2) is 0 Å². The number of pyridine rings is 1. The normalized spacial score (nSPS) is 22.6. The molecule has 5 rings (SSSR count). The van der Waals surface area contributed by atoms with Crippen molar-refractivity contribution in [3.8, 4) is 11.1 Å². The third kappa shape index (κ3) is 7.11. The molecule has 226 valence electrons. The number of rotatable bonds is 8. The number of nitrogens with one attached hydrogen (secondary N) is 2. The summed E-state index contributed by atoms with van der Waals surface area (Å²) in [6, 6.07) is 15.2. The lowest BCUT2D eigenvalue weighted by atomic mass is 9.79. The molecule has 8 nitrogen and oxygen atoms in total. The van der Waals surface area contributed by atoms with Crippen LogP contribution in [0.4, 0.5) is 13.2 Å². The van der Waals surface area contributed by atoms with Crippen molar-refractivity contribution in [1.29, 1.82) is 0 Å². The molecular formula is C32H33F3N4O4. The minimum Gasteiger partial charge on any atom is -0.384 e. The van der Waals surface area contributed by atoms with Gasteiger partial charge in [0.1, 0.15) is 5.60 Å². The summed E-state index contributed by atoms with van der Waals surface area (Å²) < 4.78 is 38.8. The third-order valence-corrected chi connectivity index (χ3v) is 8.38. The van der Waals surface area contributed by atoms with Crippen LogP contribution in [0.5, 0.6) is 0 Å². The molecular weight excluding hydrogens is 561 g/mol. The Morgan fingerprint density at radius 1 is 1.05 bits per heavy atom. The summed E-state index contributed by atoms with van der Waals surface area (Å²) in [4.78, 5) is 43.0. The zero-order valence-electron chi connectivity index (χ0n) is 23.4. The summed E-state index contributed by atoms with van der Waals surface area (Å²) in [5.74, 6) is -1.16. The number of alkyl halides is 3. The van der Waals surface area contributed by atoms with Crippen molar-refractivity contribution in [2.24, 2.45) is 0 Å². The van der Waals surface area contributed by atoms with Gasteiger partial charge in [-0.3, -0.25) is 24.3 Å². The topological polar surface area (TPSA) is 112 Å². The van der Waals surface area contributed by atoms with Crippen LogP contribution in [-0.4, -0.2) is 64.8 Å². The molecule has 1 saturated heterocycles. The number of aliphatic hydroxyl groups is 1. The molecule has 1 aliphatic carbocycles. The van der Waals surface area contributed by atoms with Crippen molar-refractivity contribution in [3.63, 3.8) is 0 Å². The fourth-order valence-electron chi connectivity index (χ4n) is 6.01. The minimum atomic E-state index is -4.56. The number of likely N-dealkylation sites (tertiary alicyclic amines) is 1. The van der Waals surface area contributed by atoms with Crippen LogP contribution < -0.4 is 10.6 Å². The smallest absolute Gasteiger partial charge is 0.384 e. The van der Waals surface area contributed by atoms with E-state index in [9.17, 15) is 32.7 Å². The van der Waals surface area contributed by atoms with E-state index in [1.54, 1.807) is 18.3 Å². The van der Waals surface area contributed by atoms with Gasteiger partial charge in [0, 0.05) is 48.1 Å². The van der Waals surface area contributed by atoms with Crippen LogP contribution in [0.1, 0.15) is 64.1 Å². The second-order valence-corrected chi connectivity index (χ2v) is 11.2. The summed E-state index contributed by atoms with van der Waals surface area (Å²) in [6.07, 6.45) is 1.30. The standard InChI is InChI=1S/C32H33F3N4O4/c33-32(34,35)24-6-3-5-21(16-24)30(42)37-18-29(41)38-25-12-15-39(19-25)26-10-13-31(43,14-11-26)28-9-8-22(17-36-28)27-7-2-1-4-23(27)20-40/h1-9,16-17,20,25-26,43H,10-15,18-19H2,(H,37,42)(H,38,41). The maximum atomic E-state index is 12.9. The number of aldehydes is 1. The SMILES string of the molecule is O=Cc1ccccc1-c1ccc(C2(O)CCC(N3CCC(NC(=O)CNC(=O)c4cccc(C(F)(F)F)c4)C3)CC2)nc1. The van der Waals surface area contributed by atoms with E-state index in [0.29, 0.717) is 30.6 Å². The fourth-order valence-corrected chi connectivity index (χ4v) is 6.01. The van der Waals surface area contributed by atoms with Crippen molar-refractivity contribution in [2.45, 2.75) is 56.0 Å². The Bertz CT molecular complexity index is 1470. The molecule has 3 aromatic rings. The van der Waals surface area contributed by atoms with Crippen LogP contribution in [0.15, 0.2) is 66.9 Å². The zero-order valence-corrected chi connectivity index (χ0v) is 23.4. The molecule has 0 radical (unpaired) electrons. The molecule has 2 aromatic carbocycles. The summed E-state index contributed by atoms with van der Waals surface area (Å²) in [5.41, 5.74) is 0.660. The van der Waals surface area contributed by atoms with E-state index in [0.717, 1.165) is 61.4 Å². The lowest BCUT2D eigenvalue weighted by Gasteiger charge is -2.39. The Balaban J connectivity index is 1.08. The predicted octanol–water partition coefficient (Wildman–Crippen LogP) is 4.33. The first kappa shape index (κ1) is 30.4. The van der Waals surface area contributed by atoms with Crippen LogP contribution in [0.3, 0.4) is 0 Å². The molecule has 11 heteroatoms. The highest BCUT2D eigenvalue weighted by Crippen LogP contribution is 2.39. The molecule has 0 spiro atoms. The van der Waals surface area contributed by atoms with Crippen LogP contribution in [0, 0.1) is 0 Å². The molecule has 1 aromatic heterocycles. The van der Waals surface area contributed by atoms with E-state index >= 15 is 0 Å². The van der Waals surface area contributed by atoms with E-state index in [1.807, 2.05) is 24.3 Å². The second-order valence-electron chi connectivity index (χ2n) is 11.2. The van der Waals surface area contributed by atoms with Gasteiger partial charge in [-0.1, -0.05) is 36.4 Å². The second kappa shape index (κ2) is 12.6. The van der Waals surface area contributed by atoms with Gasteiger partial charge in [0.25, 0.3) is 5.91 Å². The zero-order chi connectivity index (χ0) is 30.6. The number of amides is 2. The van der Waals surface area contributed by atoms with Gasteiger partial charge in [0.2, 0.25) is 5.91 Å². The van der Waals surface area contributed by atoms with E-state index in [4.69, 9.17) is 0 Å². The summed E-state index contributed by atoms with van der Waals surface area (Å²) in [6.45, 7) is 1.09. The van der Waals surface area contributed by atoms with Crippen molar-refractivity contribution in [2.75, 3.05) is 19.6 Å². The van der Waals surface area contributed by atoms with Gasteiger partial charge in [0.15, 0.2) is 6.29 Å². The highest BCUT2D eigenvalue weighted by Gasteiger charge is 2.39. The first-order valence-corrected chi connectivity index (χ1v) is 14.3. The highest BCUT2D eigenvalue weighted by molar-refractivity contribution is 5.96. The Morgan fingerprint density at radius 2 is 1.81 bits per heavy atom. The van der Waals surface area contributed by atoms with Crippen molar-refractivity contribution < 1.29 is 32.7 Å². The summed E-state index contributed by atoms with van der Waals surface area (Å²) in [7, 11) is 0. The summed E-state index contributed by atoms with van der Waals surface area (Å²) >= 11 is 0. The number of nitrogens with zero attached hydrogens (tertiary/aromatic N) is 2. The van der Waals surface area contributed by atoms with Crippen molar-refractivity contribution in [1.82, 2.24) is 20.5 Å². The molecule has 1 aliphatic heterocycles. The van der Waals surface area contributed by atoms with Crippen LogP contribution >= 0.6 is 0 Å². The Hall–Kier alpha value is -4.09. The largest absolute Gasteiger partial charge is 0.416 e. The average molecular weight is 595 g/mol. The molecule has 0 bridgehead atoms. The Kier molecular flexibility index (Phi) is 8.93. The average Bonchev–Trinajstić information content (AvgIpc) is 3.48. The number of carbonyl (C=O) groups is 3. The van der Waals surface area contributed by atoms with Crippen LogP contribution in [0.25, 0.3) is 11.1 Å². The van der Waals surface area contributed by atoms with Crippen molar-refractivity contribution in [3.05, 3.63) is 89.2 Å². The van der Waals surface area contributed by atoms with E-state index in [2.05, 4.69) is 20.5 Å². The molecule has 2 heterocycles. The van der Waals surface area contributed by atoms with Gasteiger partial charge >= 0.3 is 6.18 Å². The first-order valence-electron chi connectivity index (χ1n) is 14.3. The molecule has 2 fully saturated rings. The number of benzene rings is 2.